The summed E-state index contributed by atoms with van der Waals surface area (Å²) < 4.78 is 7.57. The lowest BCUT2D eigenvalue weighted by atomic mass is 9.93. The second kappa shape index (κ2) is 9.00. The Morgan fingerprint density at radius 1 is 1.03 bits per heavy atom. The Hall–Kier alpha value is -2.77. The second-order valence-electron chi connectivity index (χ2n) is 9.02. The third-order valence-electron chi connectivity index (χ3n) is 7.10. The molecule has 0 saturated carbocycles. The smallest absolute Gasteiger partial charge is 0.228 e. The number of anilines is 1. The van der Waals surface area contributed by atoms with Crippen LogP contribution < -0.4 is 5.32 Å². The van der Waals surface area contributed by atoms with Crippen molar-refractivity contribution >= 4 is 22.5 Å². The monoisotopic (exact) mass is 433 g/mol. The molecule has 4 heterocycles. The molecule has 2 fully saturated rings. The van der Waals surface area contributed by atoms with Gasteiger partial charge in [-0.2, -0.15) is 0 Å². The van der Waals surface area contributed by atoms with E-state index in [4.69, 9.17) is 4.74 Å². The van der Waals surface area contributed by atoms with E-state index < -0.39 is 0 Å². The lowest BCUT2D eigenvalue weighted by Gasteiger charge is -2.38. The molecule has 168 valence electrons. The maximum absolute atomic E-state index is 12.9. The molecule has 0 spiro atoms. The molecule has 0 aliphatic carbocycles. The number of amides is 1. The summed E-state index contributed by atoms with van der Waals surface area (Å²) in [7, 11) is 2.02. The van der Waals surface area contributed by atoms with Crippen LogP contribution in [-0.4, -0.2) is 57.7 Å². The summed E-state index contributed by atoms with van der Waals surface area (Å²) in [4.78, 5) is 24.3. The van der Waals surface area contributed by atoms with Gasteiger partial charge in [-0.15, -0.1) is 0 Å². The summed E-state index contributed by atoms with van der Waals surface area (Å²) in [6.45, 7) is 5.69. The fourth-order valence-corrected chi connectivity index (χ4v) is 4.94. The van der Waals surface area contributed by atoms with Crippen LogP contribution in [0.3, 0.4) is 0 Å². The molecule has 7 heteroatoms. The van der Waals surface area contributed by atoms with E-state index in [2.05, 4.69) is 43.0 Å². The number of pyridine rings is 1. The van der Waals surface area contributed by atoms with Gasteiger partial charge in [-0.25, -0.2) is 9.97 Å². The highest BCUT2D eigenvalue weighted by Crippen LogP contribution is 2.27. The summed E-state index contributed by atoms with van der Waals surface area (Å²) in [6.07, 6.45) is 7.75. The van der Waals surface area contributed by atoms with Crippen molar-refractivity contribution in [2.24, 2.45) is 13.0 Å². The number of nitrogens with zero attached hydrogens (tertiary/aromatic N) is 4. The van der Waals surface area contributed by atoms with E-state index in [-0.39, 0.29) is 11.8 Å². The van der Waals surface area contributed by atoms with Crippen LogP contribution in [0.5, 0.6) is 0 Å². The number of hydrogen-bond donors (Lipinski definition) is 1. The Kier molecular flexibility index (Phi) is 5.93. The molecule has 1 amide bonds. The van der Waals surface area contributed by atoms with Crippen LogP contribution in [0.2, 0.25) is 0 Å². The number of carbonyl (C=O) groups excluding carboxylic acids is 1. The van der Waals surface area contributed by atoms with Gasteiger partial charge < -0.3 is 19.5 Å². The van der Waals surface area contributed by atoms with E-state index in [0.717, 1.165) is 79.8 Å². The first kappa shape index (κ1) is 21.1. The number of benzene rings is 1. The summed E-state index contributed by atoms with van der Waals surface area (Å²) >= 11 is 0. The highest BCUT2D eigenvalue weighted by atomic mass is 16.5. The van der Waals surface area contributed by atoms with Gasteiger partial charge in [0.1, 0.15) is 11.6 Å². The lowest BCUT2D eigenvalue weighted by molar-refractivity contribution is -0.121. The molecule has 32 heavy (non-hydrogen) atoms. The van der Waals surface area contributed by atoms with Gasteiger partial charge in [-0.05, 0) is 63.2 Å². The zero-order valence-electron chi connectivity index (χ0n) is 18.9. The van der Waals surface area contributed by atoms with Crippen molar-refractivity contribution < 1.29 is 9.53 Å². The maximum Gasteiger partial charge on any atom is 0.228 e. The van der Waals surface area contributed by atoms with Crippen molar-refractivity contribution in [2.45, 2.75) is 38.6 Å². The number of imidazole rings is 1. The second-order valence-corrected chi connectivity index (χ2v) is 9.02. The van der Waals surface area contributed by atoms with Crippen LogP contribution in [0.1, 0.15) is 31.5 Å². The van der Waals surface area contributed by atoms with Gasteiger partial charge in [-0.1, -0.05) is 12.1 Å². The predicted octanol–water partition coefficient (Wildman–Crippen LogP) is 3.77. The van der Waals surface area contributed by atoms with Gasteiger partial charge in [0, 0.05) is 49.4 Å². The number of aryl methyl sites for hydroxylation is 1. The predicted molar refractivity (Wildman–Crippen MR) is 125 cm³/mol. The van der Waals surface area contributed by atoms with Crippen molar-refractivity contribution in [1.29, 1.82) is 0 Å². The van der Waals surface area contributed by atoms with Crippen LogP contribution in [-0.2, 0) is 16.6 Å². The number of aromatic nitrogens is 3. The average Bonchev–Trinajstić information content (AvgIpc) is 3.17. The molecular formula is C25H31N5O2. The third kappa shape index (κ3) is 4.27. The first-order valence-corrected chi connectivity index (χ1v) is 11.6. The molecular weight excluding hydrogens is 402 g/mol. The average molecular weight is 434 g/mol. The van der Waals surface area contributed by atoms with Crippen molar-refractivity contribution in [3.63, 3.8) is 0 Å². The van der Waals surface area contributed by atoms with Gasteiger partial charge in [0.05, 0.1) is 11.9 Å². The molecule has 7 nitrogen and oxygen atoms in total. The van der Waals surface area contributed by atoms with Crippen LogP contribution in [0, 0.1) is 12.8 Å². The Balaban J connectivity index is 1.25. The first-order chi connectivity index (χ1) is 15.6. The molecule has 3 aromatic rings. The number of carbonyl (C=O) groups is 1. The SMILES string of the molecule is Cc1ncc(-c2ccc3cnc(NC(=O)C4CCN(C5CCOCC5)CC4)cc3c2)n1C. The highest BCUT2D eigenvalue weighted by molar-refractivity contribution is 5.95. The summed E-state index contributed by atoms with van der Waals surface area (Å²) in [6, 6.07) is 8.88. The molecule has 2 aliphatic rings. The van der Waals surface area contributed by atoms with Crippen molar-refractivity contribution in [1.82, 2.24) is 19.4 Å². The quantitative estimate of drug-likeness (QED) is 0.678. The molecule has 0 unspecified atom stereocenters. The number of nitrogens with one attached hydrogen (secondary N) is 1. The Morgan fingerprint density at radius 3 is 2.53 bits per heavy atom. The molecule has 5 rings (SSSR count). The van der Waals surface area contributed by atoms with Crippen molar-refractivity contribution in [3.05, 3.63) is 42.5 Å². The molecule has 0 bridgehead atoms. The van der Waals surface area contributed by atoms with E-state index in [1.54, 1.807) is 0 Å². The maximum atomic E-state index is 12.9. The lowest BCUT2D eigenvalue weighted by Crippen LogP contribution is -2.45. The molecule has 0 radical (unpaired) electrons. The number of rotatable bonds is 4. The number of fused-ring (bicyclic) bond motifs is 1. The number of likely N-dealkylation sites (tertiary alicyclic amines) is 1. The summed E-state index contributed by atoms with van der Waals surface area (Å²) in [5.41, 5.74) is 2.17. The Labute approximate surface area is 188 Å². The largest absolute Gasteiger partial charge is 0.381 e. The van der Waals surface area contributed by atoms with Gasteiger partial charge in [-0.3, -0.25) is 4.79 Å². The van der Waals surface area contributed by atoms with E-state index in [0.29, 0.717) is 11.9 Å². The van der Waals surface area contributed by atoms with Crippen LogP contribution in [0.4, 0.5) is 5.82 Å². The molecule has 1 N–H and O–H groups in total. The zero-order valence-corrected chi connectivity index (χ0v) is 18.9. The van der Waals surface area contributed by atoms with E-state index in [1.165, 1.54) is 0 Å². The minimum atomic E-state index is 0.0485. The van der Waals surface area contributed by atoms with Crippen molar-refractivity contribution in [2.75, 3.05) is 31.6 Å². The molecule has 2 saturated heterocycles. The number of piperidine rings is 1. The van der Waals surface area contributed by atoms with Crippen LogP contribution in [0.25, 0.3) is 22.0 Å². The van der Waals surface area contributed by atoms with E-state index >= 15 is 0 Å². The normalized spacial score (nSPS) is 18.8. The molecule has 0 atom stereocenters. The Morgan fingerprint density at radius 2 is 1.81 bits per heavy atom. The van der Waals surface area contributed by atoms with Gasteiger partial charge in [0.2, 0.25) is 5.91 Å². The fraction of sp³-hybridized carbons (Fsp3) is 0.480. The van der Waals surface area contributed by atoms with Gasteiger partial charge in [0.15, 0.2) is 0 Å². The minimum Gasteiger partial charge on any atom is -0.381 e. The molecule has 2 aliphatic heterocycles. The van der Waals surface area contributed by atoms with Crippen molar-refractivity contribution in [3.8, 4) is 11.3 Å². The van der Waals surface area contributed by atoms with Gasteiger partial charge in [0.25, 0.3) is 0 Å². The van der Waals surface area contributed by atoms with E-state index in [9.17, 15) is 4.79 Å². The number of hydrogen-bond acceptors (Lipinski definition) is 5. The number of ether oxygens (including phenoxy) is 1. The third-order valence-corrected chi connectivity index (χ3v) is 7.10. The molecule has 2 aromatic heterocycles. The summed E-state index contributed by atoms with van der Waals surface area (Å²) in [5, 5.41) is 5.17. The van der Waals surface area contributed by atoms with E-state index in [1.807, 2.05) is 32.4 Å². The molecule has 1 aromatic carbocycles. The highest BCUT2D eigenvalue weighted by Gasteiger charge is 2.29. The zero-order chi connectivity index (χ0) is 22.1. The topological polar surface area (TPSA) is 72.3 Å². The van der Waals surface area contributed by atoms with Gasteiger partial charge >= 0.3 is 0 Å². The first-order valence-electron chi connectivity index (χ1n) is 11.6. The summed E-state index contributed by atoms with van der Waals surface area (Å²) in [5.74, 6) is 1.73. The van der Waals surface area contributed by atoms with Crippen LogP contribution in [0.15, 0.2) is 36.7 Å². The van der Waals surface area contributed by atoms with Crippen LogP contribution >= 0.6 is 0 Å². The standard InChI is InChI=1S/C25H31N5O2/c1-17-26-16-23(29(17)2)19-3-4-20-15-27-24(14-21(20)13-19)28-25(31)18-5-9-30(10-6-18)22-7-11-32-12-8-22/h3-4,13-16,18,22H,5-12H2,1-2H3,(H,27,28,31). The minimum absolute atomic E-state index is 0.0485. The fourth-order valence-electron chi connectivity index (χ4n) is 4.94. The Bertz CT molecular complexity index is 1110.